The summed E-state index contributed by atoms with van der Waals surface area (Å²) in [6.07, 6.45) is 4.28. The van der Waals surface area contributed by atoms with Gasteiger partial charge in [-0.2, -0.15) is 4.31 Å². The van der Waals surface area contributed by atoms with Gasteiger partial charge in [0.25, 0.3) is 5.91 Å². The van der Waals surface area contributed by atoms with E-state index in [1.54, 1.807) is 43.5 Å². The lowest BCUT2D eigenvalue weighted by Gasteiger charge is -2.26. The number of hydrogen-bond donors (Lipinski definition) is 1. The number of aryl methyl sites for hydroxylation is 1. The molecule has 1 fully saturated rings. The minimum absolute atomic E-state index is 0.106. The fourth-order valence-electron chi connectivity index (χ4n) is 3.33. The summed E-state index contributed by atoms with van der Waals surface area (Å²) in [6.45, 7) is 2.81. The number of nitrogens with zero attached hydrogens (tertiary/aromatic N) is 2. The third kappa shape index (κ3) is 3.98. The topological polar surface area (TPSA) is 92.5 Å². The number of para-hydroxylation sites is 1. The van der Waals surface area contributed by atoms with E-state index in [4.69, 9.17) is 4.42 Å². The first-order valence-corrected chi connectivity index (χ1v) is 11.6. The van der Waals surface area contributed by atoms with Gasteiger partial charge in [-0.1, -0.05) is 18.6 Å². The summed E-state index contributed by atoms with van der Waals surface area (Å²) in [7, 11) is -3.68. The molecule has 9 heteroatoms. The van der Waals surface area contributed by atoms with Gasteiger partial charge in [0.1, 0.15) is 10.6 Å². The normalized spacial score (nSPS) is 15.3. The summed E-state index contributed by atoms with van der Waals surface area (Å²) in [5.41, 5.74) is 0.515. The van der Waals surface area contributed by atoms with Crippen molar-refractivity contribution in [2.24, 2.45) is 0 Å². The van der Waals surface area contributed by atoms with Gasteiger partial charge in [0, 0.05) is 18.0 Å². The largest absolute Gasteiger partial charge is 0.462 e. The molecule has 7 nitrogen and oxygen atoms in total. The van der Waals surface area contributed by atoms with Crippen LogP contribution in [0.2, 0.25) is 0 Å². The first-order valence-electron chi connectivity index (χ1n) is 9.38. The summed E-state index contributed by atoms with van der Waals surface area (Å²) in [5, 5.41) is 3.34. The minimum atomic E-state index is -3.68. The van der Waals surface area contributed by atoms with E-state index in [2.05, 4.69) is 10.3 Å². The first-order chi connectivity index (χ1) is 14.0. The lowest BCUT2D eigenvalue weighted by Crippen LogP contribution is -2.36. The molecule has 0 saturated carbocycles. The molecule has 1 amide bonds. The average Bonchev–Trinajstić information content (AvgIpc) is 3.38. The van der Waals surface area contributed by atoms with Gasteiger partial charge in [-0.15, -0.1) is 11.3 Å². The molecule has 0 spiro atoms. The van der Waals surface area contributed by atoms with Crippen LogP contribution < -0.4 is 5.32 Å². The molecule has 0 bridgehead atoms. The van der Waals surface area contributed by atoms with E-state index in [9.17, 15) is 13.2 Å². The second kappa shape index (κ2) is 8.10. The first kappa shape index (κ1) is 19.8. The van der Waals surface area contributed by atoms with Crippen LogP contribution in [0.4, 0.5) is 5.69 Å². The second-order valence-electron chi connectivity index (χ2n) is 6.82. The molecule has 1 aliphatic heterocycles. The van der Waals surface area contributed by atoms with E-state index < -0.39 is 15.9 Å². The molecule has 3 aromatic rings. The Morgan fingerprint density at radius 1 is 1.14 bits per heavy atom. The molecule has 0 radical (unpaired) electrons. The van der Waals surface area contributed by atoms with E-state index in [1.165, 1.54) is 21.7 Å². The molecular weight excluding hydrogens is 410 g/mol. The van der Waals surface area contributed by atoms with E-state index in [0.717, 1.165) is 24.1 Å². The number of nitrogens with one attached hydrogen (secondary N) is 1. The molecule has 1 N–H and O–H groups in total. The molecule has 1 aromatic carbocycles. The van der Waals surface area contributed by atoms with Gasteiger partial charge >= 0.3 is 0 Å². The van der Waals surface area contributed by atoms with Crippen LogP contribution in [-0.4, -0.2) is 36.7 Å². The van der Waals surface area contributed by atoms with Crippen LogP contribution in [0.25, 0.3) is 10.8 Å². The highest BCUT2D eigenvalue weighted by Gasteiger charge is 2.29. The molecule has 2 aromatic heterocycles. The van der Waals surface area contributed by atoms with Gasteiger partial charge in [0.15, 0.2) is 10.8 Å². The van der Waals surface area contributed by atoms with Crippen molar-refractivity contribution in [3.8, 4) is 10.8 Å². The van der Waals surface area contributed by atoms with Crippen LogP contribution in [0.15, 0.2) is 52.0 Å². The van der Waals surface area contributed by atoms with Crippen molar-refractivity contribution in [2.75, 3.05) is 18.4 Å². The van der Waals surface area contributed by atoms with Crippen LogP contribution in [0.1, 0.15) is 34.6 Å². The number of thiazole rings is 1. The van der Waals surface area contributed by atoms with Crippen molar-refractivity contribution < 1.29 is 17.6 Å². The molecule has 29 heavy (non-hydrogen) atoms. The smallest absolute Gasteiger partial charge is 0.275 e. The maximum atomic E-state index is 13.1. The zero-order valence-electron chi connectivity index (χ0n) is 15.9. The predicted molar refractivity (Wildman–Crippen MR) is 112 cm³/mol. The monoisotopic (exact) mass is 431 g/mol. The summed E-state index contributed by atoms with van der Waals surface area (Å²) in [4.78, 5) is 18.1. The van der Waals surface area contributed by atoms with Gasteiger partial charge in [-0.05, 0) is 44.0 Å². The molecule has 4 rings (SSSR count). The van der Waals surface area contributed by atoms with Gasteiger partial charge in [-0.3, -0.25) is 4.79 Å². The van der Waals surface area contributed by atoms with Crippen molar-refractivity contribution in [2.45, 2.75) is 31.1 Å². The standard InChI is InChI=1S/C20H21N3O4S2/c1-14-18(22-20(28-14)16-9-7-13-27-16)19(24)21-15-8-3-4-10-17(15)29(25,26)23-11-5-2-6-12-23/h3-4,7-10,13H,2,5-6,11-12H2,1H3,(H,21,24). The Morgan fingerprint density at radius 2 is 1.90 bits per heavy atom. The number of amides is 1. The highest BCUT2D eigenvalue weighted by molar-refractivity contribution is 7.89. The van der Waals surface area contributed by atoms with Crippen molar-refractivity contribution >= 4 is 33.0 Å². The summed E-state index contributed by atoms with van der Waals surface area (Å²) < 4.78 is 33.0. The number of carbonyl (C=O) groups excluding carboxylic acids is 1. The Kier molecular flexibility index (Phi) is 5.53. The lowest BCUT2D eigenvalue weighted by atomic mass is 10.2. The number of benzene rings is 1. The molecular formula is C20H21N3O4S2. The number of aromatic nitrogens is 1. The van der Waals surface area contributed by atoms with Crippen molar-refractivity contribution in [1.29, 1.82) is 0 Å². The van der Waals surface area contributed by atoms with E-state index in [1.807, 2.05) is 0 Å². The van der Waals surface area contributed by atoms with Crippen LogP contribution in [-0.2, 0) is 10.0 Å². The Balaban J connectivity index is 1.62. The number of sulfonamides is 1. The summed E-state index contributed by atoms with van der Waals surface area (Å²) in [5.74, 6) is 0.142. The second-order valence-corrected chi connectivity index (χ2v) is 9.93. The van der Waals surface area contributed by atoms with Gasteiger partial charge < -0.3 is 9.73 Å². The average molecular weight is 432 g/mol. The number of furan rings is 1. The van der Waals surface area contributed by atoms with Crippen LogP contribution in [0.5, 0.6) is 0 Å². The third-order valence-electron chi connectivity index (χ3n) is 4.81. The zero-order valence-corrected chi connectivity index (χ0v) is 17.6. The quantitative estimate of drug-likeness (QED) is 0.655. The predicted octanol–water partition coefficient (Wildman–Crippen LogP) is 4.14. The Hall–Kier alpha value is -2.49. The third-order valence-corrected chi connectivity index (χ3v) is 7.75. The number of anilines is 1. The molecule has 1 saturated heterocycles. The minimum Gasteiger partial charge on any atom is -0.462 e. The molecule has 0 unspecified atom stereocenters. The van der Waals surface area contributed by atoms with Gasteiger partial charge in [-0.25, -0.2) is 13.4 Å². The van der Waals surface area contributed by atoms with Crippen LogP contribution >= 0.6 is 11.3 Å². The van der Waals surface area contributed by atoms with Gasteiger partial charge in [0.05, 0.1) is 12.0 Å². The molecule has 152 valence electrons. The maximum Gasteiger partial charge on any atom is 0.275 e. The summed E-state index contributed by atoms with van der Waals surface area (Å²) >= 11 is 1.35. The Morgan fingerprint density at radius 3 is 2.62 bits per heavy atom. The van der Waals surface area contributed by atoms with Crippen molar-refractivity contribution in [3.63, 3.8) is 0 Å². The van der Waals surface area contributed by atoms with Crippen LogP contribution in [0, 0.1) is 6.92 Å². The van der Waals surface area contributed by atoms with Crippen LogP contribution in [0.3, 0.4) is 0 Å². The number of rotatable bonds is 5. The van der Waals surface area contributed by atoms with E-state index in [-0.39, 0.29) is 16.3 Å². The Bertz CT molecular complexity index is 1110. The highest BCUT2D eigenvalue weighted by Crippen LogP contribution is 2.30. The summed E-state index contributed by atoms with van der Waals surface area (Å²) in [6, 6.07) is 10.0. The zero-order chi connectivity index (χ0) is 20.4. The molecule has 1 aliphatic rings. The Labute approximate surface area is 173 Å². The highest BCUT2D eigenvalue weighted by atomic mass is 32.2. The van der Waals surface area contributed by atoms with Gasteiger partial charge in [0.2, 0.25) is 10.0 Å². The number of carbonyl (C=O) groups is 1. The number of hydrogen-bond acceptors (Lipinski definition) is 6. The lowest BCUT2D eigenvalue weighted by molar-refractivity contribution is 0.102. The fraction of sp³-hybridized carbons (Fsp3) is 0.300. The molecule has 0 aliphatic carbocycles. The fourth-order valence-corrected chi connectivity index (χ4v) is 5.88. The SMILES string of the molecule is Cc1sc(-c2ccco2)nc1C(=O)Nc1ccccc1S(=O)(=O)N1CCCCC1. The van der Waals surface area contributed by atoms with Crippen molar-refractivity contribution in [3.05, 3.63) is 53.2 Å². The number of piperidine rings is 1. The molecule has 3 heterocycles. The van der Waals surface area contributed by atoms with E-state index >= 15 is 0 Å². The molecule has 0 atom stereocenters. The van der Waals surface area contributed by atoms with Crippen molar-refractivity contribution in [1.82, 2.24) is 9.29 Å². The maximum absolute atomic E-state index is 13.1. The van der Waals surface area contributed by atoms with E-state index in [0.29, 0.717) is 23.9 Å².